The van der Waals surface area contributed by atoms with Crippen LogP contribution in [0.4, 0.5) is 0 Å². The molecule has 2 fully saturated rings. The van der Waals surface area contributed by atoms with Crippen LogP contribution < -0.4 is 4.74 Å². The van der Waals surface area contributed by atoms with E-state index < -0.39 is 0 Å². The van der Waals surface area contributed by atoms with Crippen molar-refractivity contribution in [3.8, 4) is 5.75 Å². The number of methoxy groups -OCH3 is 1. The van der Waals surface area contributed by atoms with Gasteiger partial charge in [-0.05, 0) is 29.7 Å². The predicted octanol–water partition coefficient (Wildman–Crippen LogP) is 2.95. The summed E-state index contributed by atoms with van der Waals surface area (Å²) in [5.74, 6) is 0.819. The number of ether oxygens (including phenoxy) is 1. The van der Waals surface area contributed by atoms with Gasteiger partial charge in [-0.25, -0.2) is 0 Å². The molecular formula is C25H31N3O3. The molecule has 31 heavy (non-hydrogen) atoms. The van der Waals surface area contributed by atoms with Crippen molar-refractivity contribution in [1.29, 1.82) is 0 Å². The van der Waals surface area contributed by atoms with E-state index in [9.17, 15) is 9.59 Å². The fourth-order valence-electron chi connectivity index (χ4n) is 4.76. The highest BCUT2D eigenvalue weighted by Gasteiger charge is 2.41. The number of hydrogen-bond donors (Lipinski definition) is 0. The number of nitrogens with zero attached hydrogens (tertiary/aromatic N) is 3. The van der Waals surface area contributed by atoms with Crippen molar-refractivity contribution in [3.63, 3.8) is 0 Å². The molecule has 2 saturated heterocycles. The number of rotatable bonds is 5. The molecule has 6 nitrogen and oxygen atoms in total. The van der Waals surface area contributed by atoms with E-state index in [1.165, 1.54) is 5.56 Å². The summed E-state index contributed by atoms with van der Waals surface area (Å²) in [6.45, 7) is 4.12. The highest BCUT2D eigenvalue weighted by molar-refractivity contribution is 5.85. The molecule has 0 aliphatic carbocycles. The van der Waals surface area contributed by atoms with E-state index in [0.717, 1.165) is 44.0 Å². The maximum Gasteiger partial charge on any atom is 0.228 e. The van der Waals surface area contributed by atoms with Gasteiger partial charge in [0.05, 0.1) is 19.1 Å². The van der Waals surface area contributed by atoms with Crippen molar-refractivity contribution < 1.29 is 14.3 Å². The average Bonchev–Trinajstić information content (AvgIpc) is 2.81. The smallest absolute Gasteiger partial charge is 0.228 e. The minimum atomic E-state index is -0.234. The van der Waals surface area contributed by atoms with Crippen LogP contribution in [0.2, 0.25) is 0 Å². The number of hydrogen-bond acceptors (Lipinski definition) is 4. The molecule has 2 aliphatic heterocycles. The summed E-state index contributed by atoms with van der Waals surface area (Å²) in [7, 11) is 3.45. The van der Waals surface area contributed by atoms with E-state index in [-0.39, 0.29) is 23.8 Å². The lowest BCUT2D eigenvalue weighted by atomic mass is 9.83. The summed E-state index contributed by atoms with van der Waals surface area (Å²) >= 11 is 0. The molecule has 0 unspecified atom stereocenters. The Morgan fingerprint density at radius 3 is 2.32 bits per heavy atom. The molecular weight excluding hydrogens is 390 g/mol. The van der Waals surface area contributed by atoms with Crippen molar-refractivity contribution in [1.82, 2.24) is 14.7 Å². The number of carbonyl (C=O) groups is 2. The van der Waals surface area contributed by atoms with Gasteiger partial charge in [0.1, 0.15) is 5.75 Å². The Balaban J connectivity index is 1.44. The number of piperazine rings is 1. The number of amides is 2. The molecule has 2 atom stereocenters. The molecule has 0 spiro atoms. The number of carbonyl (C=O) groups excluding carboxylic acids is 2. The Morgan fingerprint density at radius 1 is 1.00 bits per heavy atom. The van der Waals surface area contributed by atoms with Gasteiger partial charge in [-0.2, -0.15) is 0 Å². The van der Waals surface area contributed by atoms with Gasteiger partial charge in [-0.3, -0.25) is 14.5 Å². The zero-order chi connectivity index (χ0) is 21.8. The van der Waals surface area contributed by atoms with Crippen LogP contribution in [0, 0.1) is 5.92 Å². The van der Waals surface area contributed by atoms with Crippen LogP contribution in [-0.2, 0) is 16.1 Å². The molecule has 6 heteroatoms. The molecule has 0 bridgehead atoms. The van der Waals surface area contributed by atoms with E-state index in [0.29, 0.717) is 12.8 Å². The Morgan fingerprint density at radius 2 is 1.68 bits per heavy atom. The fraction of sp³-hybridized carbons (Fsp3) is 0.440. The van der Waals surface area contributed by atoms with Crippen LogP contribution >= 0.6 is 0 Å². The minimum absolute atomic E-state index is 0.0950. The molecule has 0 radical (unpaired) electrons. The van der Waals surface area contributed by atoms with Gasteiger partial charge in [0.15, 0.2) is 0 Å². The van der Waals surface area contributed by atoms with Gasteiger partial charge < -0.3 is 14.5 Å². The van der Waals surface area contributed by atoms with Crippen molar-refractivity contribution >= 4 is 11.8 Å². The molecule has 164 valence electrons. The summed E-state index contributed by atoms with van der Waals surface area (Å²) in [5.41, 5.74) is 2.28. The zero-order valence-corrected chi connectivity index (χ0v) is 18.4. The number of benzene rings is 2. The molecule has 2 aromatic rings. The highest BCUT2D eigenvalue weighted by atomic mass is 16.5. The number of likely N-dealkylation sites (tertiary alicyclic amines) is 1. The first-order chi connectivity index (χ1) is 15.1. The summed E-state index contributed by atoms with van der Waals surface area (Å²) < 4.78 is 5.27. The monoisotopic (exact) mass is 421 g/mol. The SMILES string of the molecule is COc1ccc([C@@H]2[C@@H](C(=O)N3CCN(Cc4ccccc4)CC3)CCC(=O)N2C)cc1. The van der Waals surface area contributed by atoms with Gasteiger partial charge in [0.25, 0.3) is 0 Å². The lowest BCUT2D eigenvalue weighted by Gasteiger charge is -2.42. The third-order valence-electron chi connectivity index (χ3n) is 6.57. The third-order valence-corrected chi connectivity index (χ3v) is 6.57. The fourth-order valence-corrected chi connectivity index (χ4v) is 4.76. The van der Waals surface area contributed by atoms with Gasteiger partial charge in [0.2, 0.25) is 11.8 Å². The molecule has 0 N–H and O–H groups in total. The molecule has 0 aromatic heterocycles. The van der Waals surface area contributed by atoms with Crippen molar-refractivity contribution in [2.45, 2.75) is 25.4 Å². The Kier molecular flexibility index (Phi) is 6.56. The molecule has 2 amide bonds. The van der Waals surface area contributed by atoms with Crippen LogP contribution in [0.25, 0.3) is 0 Å². The Labute approximate surface area is 184 Å². The lowest BCUT2D eigenvalue weighted by molar-refractivity contribution is -0.147. The topological polar surface area (TPSA) is 53.1 Å². The highest BCUT2D eigenvalue weighted by Crippen LogP contribution is 2.37. The second kappa shape index (κ2) is 9.52. The van der Waals surface area contributed by atoms with Crippen molar-refractivity contribution in [2.75, 3.05) is 40.3 Å². The quantitative estimate of drug-likeness (QED) is 0.745. The van der Waals surface area contributed by atoms with Crippen molar-refractivity contribution in [2.24, 2.45) is 5.92 Å². The van der Waals surface area contributed by atoms with E-state index in [4.69, 9.17) is 4.74 Å². The van der Waals surface area contributed by atoms with E-state index in [1.807, 2.05) is 42.3 Å². The second-order valence-electron chi connectivity index (χ2n) is 8.45. The summed E-state index contributed by atoms with van der Waals surface area (Å²) in [4.78, 5) is 32.1. The van der Waals surface area contributed by atoms with Crippen LogP contribution in [0.15, 0.2) is 54.6 Å². The van der Waals surface area contributed by atoms with Crippen LogP contribution in [0.5, 0.6) is 5.75 Å². The molecule has 0 saturated carbocycles. The molecule has 2 aromatic carbocycles. The largest absolute Gasteiger partial charge is 0.497 e. The van der Waals surface area contributed by atoms with Gasteiger partial charge in [-0.15, -0.1) is 0 Å². The normalized spacial score (nSPS) is 22.5. The van der Waals surface area contributed by atoms with Gasteiger partial charge in [0, 0.05) is 46.2 Å². The molecule has 2 aliphatic rings. The molecule has 4 rings (SSSR count). The maximum absolute atomic E-state index is 13.5. The van der Waals surface area contributed by atoms with Crippen LogP contribution in [-0.4, -0.2) is 66.9 Å². The van der Waals surface area contributed by atoms with Gasteiger partial charge >= 0.3 is 0 Å². The maximum atomic E-state index is 13.5. The van der Waals surface area contributed by atoms with Crippen LogP contribution in [0.1, 0.15) is 30.0 Å². The van der Waals surface area contributed by atoms with E-state index >= 15 is 0 Å². The summed E-state index contributed by atoms with van der Waals surface area (Å²) in [5, 5.41) is 0. The third kappa shape index (κ3) is 4.74. The first kappa shape index (κ1) is 21.4. The average molecular weight is 422 g/mol. The van der Waals surface area contributed by atoms with Crippen molar-refractivity contribution in [3.05, 3.63) is 65.7 Å². The first-order valence-corrected chi connectivity index (χ1v) is 11.0. The van der Waals surface area contributed by atoms with E-state index in [2.05, 4.69) is 29.2 Å². The molecule has 2 heterocycles. The summed E-state index contributed by atoms with van der Waals surface area (Å²) in [6, 6.07) is 17.9. The number of piperidine rings is 1. The zero-order valence-electron chi connectivity index (χ0n) is 18.4. The van der Waals surface area contributed by atoms with Crippen LogP contribution in [0.3, 0.4) is 0 Å². The Bertz CT molecular complexity index is 892. The Hall–Kier alpha value is -2.86. The summed E-state index contributed by atoms with van der Waals surface area (Å²) in [6.07, 6.45) is 1.02. The minimum Gasteiger partial charge on any atom is -0.497 e. The van der Waals surface area contributed by atoms with E-state index in [1.54, 1.807) is 12.0 Å². The lowest BCUT2D eigenvalue weighted by Crippen LogP contribution is -2.53. The standard InChI is InChI=1S/C25H31N3O3/c1-26-23(29)13-12-22(24(26)20-8-10-21(31-2)11-9-20)25(30)28-16-14-27(15-17-28)18-19-6-4-3-5-7-19/h3-11,22,24H,12-18H2,1-2H3/t22-,24+/m0/s1. The predicted molar refractivity (Wildman–Crippen MR) is 120 cm³/mol. The first-order valence-electron chi connectivity index (χ1n) is 11.0. The second-order valence-corrected chi connectivity index (χ2v) is 8.45. The van der Waals surface area contributed by atoms with Gasteiger partial charge in [-0.1, -0.05) is 42.5 Å².